The summed E-state index contributed by atoms with van der Waals surface area (Å²) in [5.41, 5.74) is 4.39. The molecule has 4 heteroatoms. The van der Waals surface area contributed by atoms with Crippen molar-refractivity contribution in [2.75, 3.05) is 12.4 Å². The number of aryl methyl sites for hydroxylation is 2. The zero-order valence-electron chi connectivity index (χ0n) is 14.0. The number of carbonyl (C=O) groups is 1. The van der Waals surface area contributed by atoms with Crippen molar-refractivity contribution in [1.82, 2.24) is 4.57 Å². The van der Waals surface area contributed by atoms with Gasteiger partial charge in [-0.15, -0.1) is 0 Å². The minimum absolute atomic E-state index is 0.147. The molecular weight excluding hydrogens is 300 g/mol. The number of para-hydroxylation sites is 1. The van der Waals surface area contributed by atoms with Crippen molar-refractivity contribution < 1.29 is 9.53 Å². The van der Waals surface area contributed by atoms with Crippen LogP contribution in [0.15, 0.2) is 60.7 Å². The number of carbonyl (C=O) groups excluding carboxylic acids is 1. The molecule has 0 bridgehead atoms. The predicted molar refractivity (Wildman–Crippen MR) is 96.2 cm³/mol. The number of benzene rings is 2. The van der Waals surface area contributed by atoms with E-state index in [0.717, 1.165) is 17.1 Å². The van der Waals surface area contributed by atoms with E-state index >= 15 is 0 Å². The first-order chi connectivity index (χ1) is 11.6. The first-order valence-electron chi connectivity index (χ1n) is 7.80. The van der Waals surface area contributed by atoms with E-state index < -0.39 is 0 Å². The fraction of sp³-hybridized carbons (Fsp3) is 0.150. The number of anilines is 1. The van der Waals surface area contributed by atoms with Crippen molar-refractivity contribution in [3.63, 3.8) is 0 Å². The third-order valence-electron chi connectivity index (χ3n) is 3.99. The molecule has 3 aromatic rings. The Morgan fingerprint density at radius 1 is 0.958 bits per heavy atom. The average molecular weight is 320 g/mol. The van der Waals surface area contributed by atoms with Gasteiger partial charge in [0, 0.05) is 23.1 Å². The quantitative estimate of drug-likeness (QED) is 0.776. The van der Waals surface area contributed by atoms with E-state index in [4.69, 9.17) is 4.74 Å². The van der Waals surface area contributed by atoms with Crippen molar-refractivity contribution in [3.05, 3.63) is 77.6 Å². The standard InChI is InChI=1S/C20H20N2O2/c1-14-11-12-15(2)22(14)19-10-5-4-9-18(19)20(23)21-16-7-6-8-17(13-16)24-3/h4-13H,1-3H3,(H,21,23). The van der Waals surface area contributed by atoms with Gasteiger partial charge in [-0.05, 0) is 50.2 Å². The highest BCUT2D eigenvalue weighted by molar-refractivity contribution is 6.06. The van der Waals surface area contributed by atoms with Crippen molar-refractivity contribution in [2.45, 2.75) is 13.8 Å². The molecule has 0 saturated carbocycles. The number of hydrogen-bond acceptors (Lipinski definition) is 2. The third kappa shape index (κ3) is 3.04. The Morgan fingerprint density at radius 3 is 2.38 bits per heavy atom. The summed E-state index contributed by atoms with van der Waals surface area (Å²) in [6.07, 6.45) is 0. The van der Waals surface area contributed by atoms with Gasteiger partial charge >= 0.3 is 0 Å². The van der Waals surface area contributed by atoms with E-state index in [1.54, 1.807) is 13.2 Å². The molecule has 0 aliphatic heterocycles. The highest BCUT2D eigenvalue weighted by Crippen LogP contribution is 2.22. The van der Waals surface area contributed by atoms with E-state index in [1.807, 2.05) is 68.4 Å². The summed E-state index contributed by atoms with van der Waals surface area (Å²) in [7, 11) is 1.60. The molecule has 1 aromatic heterocycles. The molecule has 0 saturated heterocycles. The largest absolute Gasteiger partial charge is 0.497 e. The molecule has 4 nitrogen and oxygen atoms in total. The lowest BCUT2D eigenvalue weighted by atomic mass is 10.1. The lowest BCUT2D eigenvalue weighted by Crippen LogP contribution is -2.15. The van der Waals surface area contributed by atoms with E-state index in [-0.39, 0.29) is 5.91 Å². The maximum Gasteiger partial charge on any atom is 0.257 e. The highest BCUT2D eigenvalue weighted by atomic mass is 16.5. The fourth-order valence-corrected chi connectivity index (χ4v) is 2.81. The number of nitrogens with zero attached hydrogens (tertiary/aromatic N) is 1. The van der Waals surface area contributed by atoms with Gasteiger partial charge in [0.1, 0.15) is 5.75 Å². The highest BCUT2D eigenvalue weighted by Gasteiger charge is 2.15. The number of nitrogens with one attached hydrogen (secondary N) is 1. The summed E-state index contributed by atoms with van der Waals surface area (Å²) >= 11 is 0. The molecule has 2 aromatic carbocycles. The number of methoxy groups -OCH3 is 1. The van der Waals surface area contributed by atoms with E-state index in [9.17, 15) is 4.79 Å². The molecule has 24 heavy (non-hydrogen) atoms. The van der Waals surface area contributed by atoms with Crippen LogP contribution in [0.5, 0.6) is 5.75 Å². The predicted octanol–water partition coefficient (Wildman–Crippen LogP) is 4.36. The third-order valence-corrected chi connectivity index (χ3v) is 3.99. The maximum atomic E-state index is 12.8. The number of aromatic nitrogens is 1. The molecule has 1 N–H and O–H groups in total. The molecule has 0 spiro atoms. The molecule has 0 aliphatic rings. The summed E-state index contributed by atoms with van der Waals surface area (Å²) in [4.78, 5) is 12.8. The van der Waals surface area contributed by atoms with Crippen LogP contribution < -0.4 is 10.1 Å². The Kier molecular flexibility index (Phi) is 4.38. The van der Waals surface area contributed by atoms with Crippen LogP contribution in [0.4, 0.5) is 5.69 Å². The topological polar surface area (TPSA) is 43.3 Å². The van der Waals surface area contributed by atoms with Crippen LogP contribution in [0.25, 0.3) is 5.69 Å². The Bertz CT molecular complexity index is 861. The number of rotatable bonds is 4. The Labute approximate surface area is 141 Å². The zero-order valence-corrected chi connectivity index (χ0v) is 14.0. The Balaban J connectivity index is 1.96. The van der Waals surface area contributed by atoms with Crippen molar-refractivity contribution in [2.24, 2.45) is 0 Å². The second-order valence-corrected chi connectivity index (χ2v) is 5.65. The fourth-order valence-electron chi connectivity index (χ4n) is 2.81. The zero-order chi connectivity index (χ0) is 17.1. The number of hydrogen-bond donors (Lipinski definition) is 1. The van der Waals surface area contributed by atoms with Gasteiger partial charge in [0.15, 0.2) is 0 Å². The minimum atomic E-state index is -0.147. The number of ether oxygens (including phenoxy) is 1. The average Bonchev–Trinajstić information content (AvgIpc) is 2.93. The van der Waals surface area contributed by atoms with Crippen molar-refractivity contribution >= 4 is 11.6 Å². The van der Waals surface area contributed by atoms with Crippen molar-refractivity contribution in [3.8, 4) is 11.4 Å². The second kappa shape index (κ2) is 6.62. The molecule has 0 aliphatic carbocycles. The normalized spacial score (nSPS) is 10.5. The molecule has 0 unspecified atom stereocenters. The van der Waals surface area contributed by atoms with Crippen LogP contribution in [0.3, 0.4) is 0 Å². The Hall–Kier alpha value is -3.01. The van der Waals surface area contributed by atoms with Crippen molar-refractivity contribution in [1.29, 1.82) is 0 Å². The first-order valence-corrected chi connectivity index (χ1v) is 7.80. The molecule has 0 atom stereocenters. The van der Waals surface area contributed by atoms with Gasteiger partial charge in [-0.1, -0.05) is 18.2 Å². The van der Waals surface area contributed by atoms with Crippen LogP contribution >= 0.6 is 0 Å². The van der Waals surface area contributed by atoms with Gasteiger partial charge in [0.2, 0.25) is 0 Å². The lowest BCUT2D eigenvalue weighted by Gasteiger charge is -2.15. The molecule has 3 rings (SSSR count). The van der Waals surface area contributed by atoms with Gasteiger partial charge in [-0.25, -0.2) is 0 Å². The lowest BCUT2D eigenvalue weighted by molar-refractivity contribution is 0.102. The maximum absolute atomic E-state index is 12.8. The summed E-state index contributed by atoms with van der Waals surface area (Å²) in [5, 5.41) is 2.94. The monoisotopic (exact) mass is 320 g/mol. The molecule has 0 radical (unpaired) electrons. The van der Waals surface area contributed by atoms with Gasteiger partial charge in [-0.3, -0.25) is 4.79 Å². The van der Waals surface area contributed by atoms with Crippen LogP contribution in [0.1, 0.15) is 21.7 Å². The molecule has 1 amide bonds. The van der Waals surface area contributed by atoms with Gasteiger partial charge in [-0.2, -0.15) is 0 Å². The van der Waals surface area contributed by atoms with Crippen LogP contribution in [-0.4, -0.2) is 17.6 Å². The van der Waals surface area contributed by atoms with E-state index in [1.165, 1.54) is 0 Å². The van der Waals surface area contributed by atoms with E-state index in [2.05, 4.69) is 9.88 Å². The molecular formula is C20H20N2O2. The molecule has 0 fully saturated rings. The van der Waals surface area contributed by atoms with Gasteiger partial charge < -0.3 is 14.6 Å². The van der Waals surface area contributed by atoms with E-state index in [0.29, 0.717) is 17.0 Å². The summed E-state index contributed by atoms with van der Waals surface area (Å²) in [5.74, 6) is 0.560. The molecule has 1 heterocycles. The van der Waals surface area contributed by atoms with Crippen LogP contribution in [0.2, 0.25) is 0 Å². The Morgan fingerprint density at radius 2 is 1.67 bits per heavy atom. The summed E-state index contributed by atoms with van der Waals surface area (Å²) in [6.45, 7) is 4.06. The second-order valence-electron chi connectivity index (χ2n) is 5.65. The van der Waals surface area contributed by atoms with Gasteiger partial charge in [0.25, 0.3) is 5.91 Å². The van der Waals surface area contributed by atoms with Crippen LogP contribution in [0, 0.1) is 13.8 Å². The smallest absolute Gasteiger partial charge is 0.257 e. The minimum Gasteiger partial charge on any atom is -0.497 e. The number of amides is 1. The summed E-state index contributed by atoms with van der Waals surface area (Å²) < 4.78 is 7.28. The molecule has 122 valence electrons. The van der Waals surface area contributed by atoms with Crippen LogP contribution in [-0.2, 0) is 0 Å². The summed E-state index contributed by atoms with van der Waals surface area (Å²) in [6, 6.07) is 19.0. The SMILES string of the molecule is COc1cccc(NC(=O)c2ccccc2-n2c(C)ccc2C)c1. The first kappa shape index (κ1) is 15.9. The van der Waals surface area contributed by atoms with Gasteiger partial charge in [0.05, 0.1) is 18.4 Å².